The van der Waals surface area contributed by atoms with E-state index in [1.165, 1.54) is 11.6 Å². The number of aryl methyl sites for hydroxylation is 1. The second-order valence-corrected chi connectivity index (χ2v) is 6.39. The van der Waals surface area contributed by atoms with Crippen molar-refractivity contribution in [2.75, 3.05) is 16.8 Å². The lowest BCUT2D eigenvalue weighted by Crippen LogP contribution is -2.16. The highest BCUT2D eigenvalue weighted by atomic mass is 19.4. The second-order valence-electron chi connectivity index (χ2n) is 6.39. The van der Waals surface area contributed by atoms with Crippen molar-refractivity contribution in [1.29, 1.82) is 0 Å². The molecular formula is C20H17F3N4. The average molecular weight is 370 g/mol. The van der Waals surface area contributed by atoms with E-state index in [0.29, 0.717) is 17.3 Å². The first-order chi connectivity index (χ1) is 12.9. The summed E-state index contributed by atoms with van der Waals surface area (Å²) in [5, 5.41) is 2.97. The van der Waals surface area contributed by atoms with E-state index in [0.717, 1.165) is 36.6 Å². The summed E-state index contributed by atoms with van der Waals surface area (Å²) in [6.45, 7) is 2.57. The average Bonchev–Trinajstić information content (AvgIpc) is 3.05. The smallest absolute Gasteiger partial charge is 0.340 e. The molecule has 0 unspecified atom stereocenters. The summed E-state index contributed by atoms with van der Waals surface area (Å²) < 4.78 is 38.8. The molecule has 0 amide bonds. The third-order valence-corrected chi connectivity index (χ3v) is 4.45. The molecule has 27 heavy (non-hydrogen) atoms. The van der Waals surface area contributed by atoms with Crippen LogP contribution in [0.5, 0.6) is 0 Å². The third kappa shape index (κ3) is 3.58. The maximum atomic E-state index is 12.9. The fraction of sp³-hybridized carbons (Fsp3) is 0.200. The van der Waals surface area contributed by atoms with Gasteiger partial charge in [0.15, 0.2) is 0 Å². The predicted octanol–water partition coefficient (Wildman–Crippen LogP) is 5.24. The SMILES string of the molecule is Cc1nc(Nc2cccc(C(F)(F)F)c2)cc(N2CCc3ccccc32)n1. The summed E-state index contributed by atoms with van der Waals surface area (Å²) in [6.07, 6.45) is -3.46. The number of nitrogens with zero attached hydrogens (tertiary/aromatic N) is 3. The molecule has 0 saturated carbocycles. The molecule has 0 fully saturated rings. The maximum absolute atomic E-state index is 12.9. The predicted molar refractivity (Wildman–Crippen MR) is 98.6 cm³/mol. The van der Waals surface area contributed by atoms with Gasteiger partial charge < -0.3 is 10.2 Å². The Labute approximate surface area is 154 Å². The molecule has 0 bridgehead atoms. The zero-order valence-electron chi connectivity index (χ0n) is 14.6. The zero-order chi connectivity index (χ0) is 19.0. The number of hydrogen-bond donors (Lipinski definition) is 1. The largest absolute Gasteiger partial charge is 0.416 e. The summed E-state index contributed by atoms with van der Waals surface area (Å²) in [4.78, 5) is 10.9. The Bertz CT molecular complexity index is 985. The van der Waals surface area contributed by atoms with Crippen LogP contribution in [0.1, 0.15) is 17.0 Å². The minimum absolute atomic E-state index is 0.329. The Morgan fingerprint density at radius 3 is 2.63 bits per heavy atom. The molecule has 1 aliphatic heterocycles. The lowest BCUT2D eigenvalue weighted by Gasteiger charge is -2.19. The van der Waals surface area contributed by atoms with Gasteiger partial charge in [-0.2, -0.15) is 13.2 Å². The van der Waals surface area contributed by atoms with Crippen molar-refractivity contribution in [1.82, 2.24) is 9.97 Å². The second kappa shape index (κ2) is 6.57. The van der Waals surface area contributed by atoms with E-state index in [2.05, 4.69) is 26.3 Å². The quantitative estimate of drug-likeness (QED) is 0.684. The summed E-state index contributed by atoms with van der Waals surface area (Å²) in [5.41, 5.74) is 1.98. The molecule has 1 aromatic heterocycles. The van der Waals surface area contributed by atoms with Gasteiger partial charge >= 0.3 is 6.18 Å². The van der Waals surface area contributed by atoms with Crippen LogP contribution in [0.4, 0.5) is 36.2 Å². The number of nitrogens with one attached hydrogen (secondary N) is 1. The molecule has 0 spiro atoms. The summed E-state index contributed by atoms with van der Waals surface area (Å²) in [7, 11) is 0. The summed E-state index contributed by atoms with van der Waals surface area (Å²) in [6, 6.07) is 14.9. The Kier molecular flexibility index (Phi) is 4.22. The van der Waals surface area contributed by atoms with Crippen molar-refractivity contribution < 1.29 is 13.2 Å². The van der Waals surface area contributed by atoms with E-state index in [9.17, 15) is 13.2 Å². The third-order valence-electron chi connectivity index (χ3n) is 4.45. The van der Waals surface area contributed by atoms with Crippen LogP contribution in [0.15, 0.2) is 54.6 Å². The van der Waals surface area contributed by atoms with Crippen molar-refractivity contribution in [2.45, 2.75) is 19.5 Å². The van der Waals surface area contributed by atoms with Crippen molar-refractivity contribution in [2.24, 2.45) is 0 Å². The van der Waals surface area contributed by atoms with Gasteiger partial charge in [0.2, 0.25) is 0 Å². The van der Waals surface area contributed by atoms with E-state index >= 15 is 0 Å². The van der Waals surface area contributed by atoms with Gasteiger partial charge in [0.25, 0.3) is 0 Å². The molecular weight excluding hydrogens is 353 g/mol. The lowest BCUT2D eigenvalue weighted by molar-refractivity contribution is -0.137. The van der Waals surface area contributed by atoms with Crippen molar-refractivity contribution in [3.8, 4) is 0 Å². The van der Waals surface area contributed by atoms with Crippen LogP contribution in [0.25, 0.3) is 0 Å². The first kappa shape index (κ1) is 17.3. The van der Waals surface area contributed by atoms with E-state index in [-0.39, 0.29) is 0 Å². The Balaban J connectivity index is 1.65. The molecule has 0 aliphatic carbocycles. The molecule has 0 atom stereocenters. The van der Waals surface area contributed by atoms with Crippen LogP contribution in [0, 0.1) is 6.92 Å². The molecule has 138 valence electrons. The van der Waals surface area contributed by atoms with E-state index in [1.807, 2.05) is 18.2 Å². The number of para-hydroxylation sites is 1. The van der Waals surface area contributed by atoms with Crippen molar-refractivity contribution in [3.05, 3.63) is 71.5 Å². The highest BCUT2D eigenvalue weighted by Gasteiger charge is 2.30. The van der Waals surface area contributed by atoms with E-state index in [4.69, 9.17) is 0 Å². The molecule has 1 aliphatic rings. The Morgan fingerprint density at radius 2 is 1.81 bits per heavy atom. The van der Waals surface area contributed by atoms with Gasteiger partial charge in [-0.3, -0.25) is 0 Å². The van der Waals surface area contributed by atoms with Crippen LogP contribution >= 0.6 is 0 Å². The Hall–Kier alpha value is -3.09. The van der Waals surface area contributed by atoms with Crippen LogP contribution in [0.2, 0.25) is 0 Å². The minimum Gasteiger partial charge on any atom is -0.340 e. The molecule has 7 heteroatoms. The molecule has 4 nitrogen and oxygen atoms in total. The fourth-order valence-electron chi connectivity index (χ4n) is 3.25. The molecule has 2 heterocycles. The van der Waals surface area contributed by atoms with Crippen LogP contribution in [-0.2, 0) is 12.6 Å². The number of halogens is 3. The first-order valence-corrected chi connectivity index (χ1v) is 8.55. The van der Waals surface area contributed by atoms with Gasteiger partial charge in [-0.05, 0) is 43.2 Å². The molecule has 1 N–H and O–H groups in total. The number of hydrogen-bond acceptors (Lipinski definition) is 4. The van der Waals surface area contributed by atoms with Crippen LogP contribution in [-0.4, -0.2) is 16.5 Å². The highest BCUT2D eigenvalue weighted by molar-refractivity contribution is 5.70. The number of benzene rings is 2. The van der Waals surface area contributed by atoms with E-state index < -0.39 is 11.7 Å². The van der Waals surface area contributed by atoms with Crippen molar-refractivity contribution >= 4 is 23.0 Å². The fourth-order valence-corrected chi connectivity index (χ4v) is 3.25. The van der Waals surface area contributed by atoms with Gasteiger partial charge in [-0.1, -0.05) is 24.3 Å². The molecule has 3 aromatic rings. The van der Waals surface area contributed by atoms with Gasteiger partial charge in [0.1, 0.15) is 17.5 Å². The number of rotatable bonds is 3. The standard InChI is InChI=1S/C20H17F3N4/c1-13-24-18(26-16-7-4-6-15(11-16)20(21,22)23)12-19(25-13)27-10-9-14-5-2-3-8-17(14)27/h2-8,11-12H,9-10H2,1H3,(H,24,25,26). The van der Waals surface area contributed by atoms with Crippen LogP contribution < -0.4 is 10.2 Å². The zero-order valence-corrected chi connectivity index (χ0v) is 14.6. The Morgan fingerprint density at radius 1 is 1.00 bits per heavy atom. The number of anilines is 4. The summed E-state index contributed by atoms with van der Waals surface area (Å²) in [5.74, 6) is 1.73. The number of fused-ring (bicyclic) bond motifs is 1. The van der Waals surface area contributed by atoms with Gasteiger partial charge in [-0.15, -0.1) is 0 Å². The highest BCUT2D eigenvalue weighted by Crippen LogP contribution is 2.35. The van der Waals surface area contributed by atoms with Crippen LogP contribution in [0.3, 0.4) is 0 Å². The lowest BCUT2D eigenvalue weighted by atomic mass is 10.2. The van der Waals surface area contributed by atoms with Crippen molar-refractivity contribution in [3.63, 3.8) is 0 Å². The minimum atomic E-state index is -4.39. The molecule has 2 aromatic carbocycles. The normalized spacial score (nSPS) is 13.6. The molecule has 4 rings (SSSR count). The van der Waals surface area contributed by atoms with Gasteiger partial charge in [0, 0.05) is 24.0 Å². The van der Waals surface area contributed by atoms with E-state index in [1.54, 1.807) is 19.1 Å². The number of aromatic nitrogens is 2. The number of alkyl halides is 3. The summed E-state index contributed by atoms with van der Waals surface area (Å²) >= 11 is 0. The topological polar surface area (TPSA) is 41.1 Å². The molecule has 0 saturated heterocycles. The maximum Gasteiger partial charge on any atom is 0.416 e. The molecule has 0 radical (unpaired) electrons. The van der Waals surface area contributed by atoms with Gasteiger partial charge in [-0.25, -0.2) is 9.97 Å². The van der Waals surface area contributed by atoms with Gasteiger partial charge in [0.05, 0.1) is 5.56 Å². The first-order valence-electron chi connectivity index (χ1n) is 8.55. The monoisotopic (exact) mass is 370 g/mol.